The molecule has 4 nitrogen and oxygen atoms in total. The van der Waals surface area contributed by atoms with E-state index in [0.717, 1.165) is 43.1 Å². The van der Waals surface area contributed by atoms with Gasteiger partial charge in [0.05, 0.1) is 6.10 Å². The second-order valence-electron chi connectivity index (χ2n) is 5.58. The molecule has 2 unspecified atom stereocenters. The lowest BCUT2D eigenvalue weighted by molar-refractivity contribution is 0.117. The van der Waals surface area contributed by atoms with Crippen LogP contribution in [-0.4, -0.2) is 36.3 Å². The van der Waals surface area contributed by atoms with Crippen molar-refractivity contribution in [2.24, 2.45) is 0 Å². The lowest BCUT2D eigenvalue weighted by Gasteiger charge is -2.18. The fraction of sp³-hybridized carbons (Fsp3) is 0.750. The zero-order valence-electron chi connectivity index (χ0n) is 13.8. The second kappa shape index (κ2) is 8.32. The third-order valence-electron chi connectivity index (χ3n) is 3.62. The van der Waals surface area contributed by atoms with Gasteiger partial charge in [0.2, 0.25) is 0 Å². The van der Waals surface area contributed by atoms with Crippen LogP contribution in [0.15, 0.2) is 0 Å². The van der Waals surface area contributed by atoms with E-state index in [4.69, 9.17) is 4.74 Å². The molecular formula is C16H29N3O. The van der Waals surface area contributed by atoms with E-state index in [2.05, 4.69) is 43.0 Å². The van der Waals surface area contributed by atoms with E-state index >= 15 is 0 Å². The maximum atomic E-state index is 5.29. The number of methoxy groups -OCH3 is 1. The van der Waals surface area contributed by atoms with Crippen LogP contribution in [-0.2, 0) is 11.2 Å². The summed E-state index contributed by atoms with van der Waals surface area (Å²) in [6, 6.07) is 0. The summed E-state index contributed by atoms with van der Waals surface area (Å²) in [5, 5.41) is 3.47. The SMILES string of the molecule is CCCNCC(C)c1c(C)nc(CC(C)OC)nc1C. The Bertz CT molecular complexity index is 397. The highest BCUT2D eigenvalue weighted by molar-refractivity contribution is 5.28. The Labute approximate surface area is 123 Å². The number of nitrogens with one attached hydrogen (secondary N) is 1. The maximum absolute atomic E-state index is 5.29. The maximum Gasteiger partial charge on any atom is 0.131 e. The highest BCUT2D eigenvalue weighted by atomic mass is 16.5. The first kappa shape index (κ1) is 17.1. The van der Waals surface area contributed by atoms with Gasteiger partial charge in [-0.15, -0.1) is 0 Å². The van der Waals surface area contributed by atoms with Gasteiger partial charge in [0.15, 0.2) is 0 Å². The fourth-order valence-corrected chi connectivity index (χ4v) is 2.54. The third-order valence-corrected chi connectivity index (χ3v) is 3.62. The van der Waals surface area contributed by atoms with Crippen molar-refractivity contribution in [1.82, 2.24) is 15.3 Å². The average molecular weight is 279 g/mol. The summed E-state index contributed by atoms with van der Waals surface area (Å²) < 4.78 is 5.29. The molecule has 0 saturated carbocycles. The Kier molecular flexibility index (Phi) is 7.10. The fourth-order valence-electron chi connectivity index (χ4n) is 2.54. The first-order chi connectivity index (χ1) is 9.49. The molecule has 1 aromatic heterocycles. The van der Waals surface area contributed by atoms with Gasteiger partial charge in [0.25, 0.3) is 0 Å². The van der Waals surface area contributed by atoms with Crippen LogP contribution in [0.3, 0.4) is 0 Å². The van der Waals surface area contributed by atoms with Gasteiger partial charge in [-0.05, 0) is 45.2 Å². The van der Waals surface area contributed by atoms with E-state index in [9.17, 15) is 0 Å². The minimum absolute atomic E-state index is 0.156. The molecule has 0 radical (unpaired) electrons. The molecule has 0 aromatic carbocycles. The van der Waals surface area contributed by atoms with Gasteiger partial charge in [-0.25, -0.2) is 9.97 Å². The zero-order valence-corrected chi connectivity index (χ0v) is 13.8. The molecule has 1 heterocycles. The van der Waals surface area contributed by atoms with Crippen molar-refractivity contribution >= 4 is 0 Å². The molecular weight excluding hydrogens is 250 g/mol. The second-order valence-corrected chi connectivity index (χ2v) is 5.58. The van der Waals surface area contributed by atoms with Crippen LogP contribution in [0, 0.1) is 13.8 Å². The Morgan fingerprint density at radius 3 is 2.25 bits per heavy atom. The first-order valence-corrected chi connectivity index (χ1v) is 7.57. The van der Waals surface area contributed by atoms with E-state index in [1.807, 2.05) is 6.92 Å². The van der Waals surface area contributed by atoms with E-state index in [1.54, 1.807) is 7.11 Å². The standard InChI is InChI=1S/C16H29N3O/c1-7-8-17-10-11(2)16-13(4)18-15(19-14(16)5)9-12(3)20-6/h11-12,17H,7-10H2,1-6H3. The predicted molar refractivity (Wildman–Crippen MR) is 83.3 cm³/mol. The van der Waals surface area contributed by atoms with Gasteiger partial charge >= 0.3 is 0 Å². The van der Waals surface area contributed by atoms with E-state index in [0.29, 0.717) is 5.92 Å². The number of hydrogen-bond acceptors (Lipinski definition) is 4. The first-order valence-electron chi connectivity index (χ1n) is 7.57. The summed E-state index contributed by atoms with van der Waals surface area (Å²) >= 11 is 0. The molecule has 114 valence electrons. The Morgan fingerprint density at radius 1 is 1.15 bits per heavy atom. The summed E-state index contributed by atoms with van der Waals surface area (Å²) in [5.74, 6) is 1.32. The highest BCUT2D eigenvalue weighted by Gasteiger charge is 2.15. The zero-order chi connectivity index (χ0) is 15.1. The van der Waals surface area contributed by atoms with Gasteiger partial charge in [-0.2, -0.15) is 0 Å². The number of aromatic nitrogens is 2. The summed E-state index contributed by atoms with van der Waals surface area (Å²) in [6.45, 7) is 12.7. The predicted octanol–water partition coefficient (Wildman–Crippen LogP) is 2.77. The van der Waals surface area contributed by atoms with Crippen molar-refractivity contribution in [3.8, 4) is 0 Å². The van der Waals surface area contributed by atoms with Crippen LogP contribution in [0.1, 0.15) is 55.9 Å². The topological polar surface area (TPSA) is 47.0 Å². The summed E-state index contributed by atoms with van der Waals surface area (Å²) in [6.07, 6.45) is 2.08. The summed E-state index contributed by atoms with van der Waals surface area (Å²) in [4.78, 5) is 9.30. The minimum atomic E-state index is 0.156. The third kappa shape index (κ3) is 4.84. The average Bonchev–Trinajstić information content (AvgIpc) is 2.38. The molecule has 1 aromatic rings. The lowest BCUT2D eigenvalue weighted by atomic mass is 9.97. The van der Waals surface area contributed by atoms with Gasteiger partial charge in [0, 0.05) is 31.5 Å². The molecule has 0 amide bonds. The normalized spacial score (nSPS) is 14.3. The molecule has 20 heavy (non-hydrogen) atoms. The molecule has 1 N–H and O–H groups in total. The van der Waals surface area contributed by atoms with Crippen molar-refractivity contribution in [2.75, 3.05) is 20.2 Å². The number of nitrogens with zero attached hydrogens (tertiary/aromatic N) is 2. The molecule has 1 rings (SSSR count). The molecule has 0 aliphatic rings. The van der Waals surface area contributed by atoms with Crippen LogP contribution in [0.25, 0.3) is 0 Å². The molecule has 0 saturated heterocycles. The van der Waals surface area contributed by atoms with Crippen molar-refractivity contribution in [2.45, 2.75) is 59.5 Å². The molecule has 4 heteroatoms. The van der Waals surface area contributed by atoms with Gasteiger partial charge in [-0.3, -0.25) is 0 Å². The van der Waals surface area contributed by atoms with E-state index in [-0.39, 0.29) is 6.10 Å². The summed E-state index contributed by atoms with van der Waals surface area (Å²) in [5.41, 5.74) is 3.48. The summed E-state index contributed by atoms with van der Waals surface area (Å²) in [7, 11) is 1.72. The van der Waals surface area contributed by atoms with Crippen LogP contribution >= 0.6 is 0 Å². The monoisotopic (exact) mass is 279 g/mol. The number of ether oxygens (including phenoxy) is 1. The van der Waals surface area contributed by atoms with Crippen LogP contribution < -0.4 is 5.32 Å². The Balaban J connectivity index is 2.82. The van der Waals surface area contributed by atoms with Crippen LogP contribution in [0.2, 0.25) is 0 Å². The van der Waals surface area contributed by atoms with Crippen molar-refractivity contribution in [3.63, 3.8) is 0 Å². The van der Waals surface area contributed by atoms with Gasteiger partial charge in [0.1, 0.15) is 5.82 Å². The largest absolute Gasteiger partial charge is 0.381 e. The number of aryl methyl sites for hydroxylation is 2. The smallest absolute Gasteiger partial charge is 0.131 e. The number of rotatable bonds is 8. The Hall–Kier alpha value is -1.00. The van der Waals surface area contributed by atoms with E-state index < -0.39 is 0 Å². The van der Waals surface area contributed by atoms with Gasteiger partial charge < -0.3 is 10.1 Å². The van der Waals surface area contributed by atoms with Gasteiger partial charge in [-0.1, -0.05) is 13.8 Å². The quantitative estimate of drug-likeness (QED) is 0.743. The van der Waals surface area contributed by atoms with Crippen molar-refractivity contribution in [3.05, 3.63) is 22.8 Å². The Morgan fingerprint density at radius 2 is 1.75 bits per heavy atom. The lowest BCUT2D eigenvalue weighted by Crippen LogP contribution is -2.23. The number of hydrogen-bond donors (Lipinski definition) is 1. The van der Waals surface area contributed by atoms with Crippen molar-refractivity contribution in [1.29, 1.82) is 0 Å². The molecule has 0 bridgehead atoms. The molecule has 2 atom stereocenters. The van der Waals surface area contributed by atoms with Crippen LogP contribution in [0.5, 0.6) is 0 Å². The minimum Gasteiger partial charge on any atom is -0.381 e. The highest BCUT2D eigenvalue weighted by Crippen LogP contribution is 2.21. The molecule has 0 spiro atoms. The molecule has 0 aliphatic carbocycles. The van der Waals surface area contributed by atoms with Crippen LogP contribution in [0.4, 0.5) is 0 Å². The molecule has 0 aliphatic heterocycles. The van der Waals surface area contributed by atoms with Crippen molar-refractivity contribution < 1.29 is 4.74 Å². The van der Waals surface area contributed by atoms with E-state index in [1.165, 1.54) is 5.56 Å². The molecule has 0 fully saturated rings.